The van der Waals surface area contributed by atoms with Crippen molar-refractivity contribution in [3.8, 4) is 0 Å². The van der Waals surface area contributed by atoms with Crippen LogP contribution in [0.4, 0.5) is 0 Å². The van der Waals surface area contributed by atoms with Crippen molar-refractivity contribution >= 4 is 0 Å². The van der Waals surface area contributed by atoms with Crippen LogP contribution >= 0.6 is 0 Å². The van der Waals surface area contributed by atoms with E-state index in [1.165, 1.54) is 37.1 Å². The summed E-state index contributed by atoms with van der Waals surface area (Å²) >= 11 is 0. The van der Waals surface area contributed by atoms with E-state index in [9.17, 15) is 0 Å². The van der Waals surface area contributed by atoms with Gasteiger partial charge in [-0.1, -0.05) is 36.4 Å². The molecule has 0 atom stereocenters. The van der Waals surface area contributed by atoms with Gasteiger partial charge in [0.15, 0.2) is 0 Å². The van der Waals surface area contributed by atoms with Crippen LogP contribution in [0.2, 0.25) is 0 Å². The van der Waals surface area contributed by atoms with E-state index in [2.05, 4.69) is 81.4 Å². The average molecular weight is 444 g/mol. The van der Waals surface area contributed by atoms with Gasteiger partial charge in [-0.05, 0) is 75.2 Å². The van der Waals surface area contributed by atoms with Gasteiger partial charge in [-0.15, -0.1) is 0 Å². The van der Waals surface area contributed by atoms with Gasteiger partial charge in [0.25, 0.3) is 0 Å². The molecule has 33 heavy (non-hydrogen) atoms. The highest BCUT2D eigenvalue weighted by Crippen LogP contribution is 2.22. The number of rotatable bonds is 10. The zero-order valence-corrected chi connectivity index (χ0v) is 20.0. The molecule has 3 aromatic rings. The fraction of sp³-hybridized carbons (Fsp3) is 0.429. The van der Waals surface area contributed by atoms with Gasteiger partial charge in [0.05, 0.1) is 11.4 Å². The molecule has 3 heterocycles. The summed E-state index contributed by atoms with van der Waals surface area (Å²) in [5, 5.41) is 3.49. The van der Waals surface area contributed by atoms with Crippen LogP contribution in [-0.4, -0.2) is 44.9 Å². The van der Waals surface area contributed by atoms with Crippen molar-refractivity contribution in [3.63, 3.8) is 0 Å². The van der Waals surface area contributed by atoms with Crippen molar-refractivity contribution in [2.45, 2.75) is 65.0 Å². The van der Waals surface area contributed by atoms with Gasteiger partial charge in [-0.3, -0.25) is 14.9 Å². The van der Waals surface area contributed by atoms with Gasteiger partial charge in [-0.2, -0.15) is 0 Å². The van der Waals surface area contributed by atoms with E-state index in [1.54, 1.807) is 0 Å². The fourth-order valence-electron chi connectivity index (χ4n) is 4.62. The van der Waals surface area contributed by atoms with Crippen LogP contribution in [-0.2, 0) is 26.2 Å². The molecule has 1 saturated heterocycles. The molecule has 1 aromatic carbocycles. The van der Waals surface area contributed by atoms with Crippen molar-refractivity contribution in [1.82, 2.24) is 25.1 Å². The second-order valence-electron chi connectivity index (χ2n) is 9.33. The van der Waals surface area contributed by atoms with E-state index in [1.807, 2.05) is 30.6 Å². The molecular weight excluding hydrogens is 406 g/mol. The Bertz CT molecular complexity index is 935. The molecule has 0 amide bonds. The molecule has 2 aromatic heterocycles. The van der Waals surface area contributed by atoms with Gasteiger partial charge in [0.2, 0.25) is 0 Å². The lowest BCUT2D eigenvalue weighted by Gasteiger charge is -2.40. The summed E-state index contributed by atoms with van der Waals surface area (Å²) in [5.74, 6) is 0. The Morgan fingerprint density at radius 2 is 1.45 bits per heavy atom. The first-order valence-corrected chi connectivity index (χ1v) is 12.2. The summed E-state index contributed by atoms with van der Waals surface area (Å²) in [7, 11) is 0. The quantitative estimate of drug-likeness (QED) is 0.494. The third kappa shape index (κ3) is 7.19. The fourth-order valence-corrected chi connectivity index (χ4v) is 4.62. The van der Waals surface area contributed by atoms with Crippen LogP contribution < -0.4 is 5.32 Å². The molecule has 0 aliphatic carbocycles. The summed E-state index contributed by atoms with van der Waals surface area (Å²) < 4.78 is 0. The number of aromatic nitrogens is 2. The molecule has 0 saturated carbocycles. The topological polar surface area (TPSA) is 44.3 Å². The van der Waals surface area contributed by atoms with E-state index >= 15 is 0 Å². The molecule has 4 rings (SSSR count). The first kappa shape index (κ1) is 23.6. The maximum absolute atomic E-state index is 4.61. The Morgan fingerprint density at radius 1 is 0.818 bits per heavy atom. The first-order chi connectivity index (χ1) is 16.2. The molecule has 5 nitrogen and oxygen atoms in total. The van der Waals surface area contributed by atoms with Gasteiger partial charge < -0.3 is 10.2 Å². The van der Waals surface area contributed by atoms with Crippen molar-refractivity contribution < 1.29 is 0 Å². The molecule has 0 unspecified atom stereocenters. The monoisotopic (exact) mass is 443 g/mol. The number of piperidine rings is 1. The summed E-state index contributed by atoms with van der Waals surface area (Å²) in [4.78, 5) is 14.2. The molecule has 1 aliphatic heterocycles. The maximum Gasteiger partial charge on any atom is 0.0544 e. The van der Waals surface area contributed by atoms with Crippen LogP contribution in [0.1, 0.15) is 49.2 Å². The minimum Gasteiger partial charge on any atom is -0.307 e. The third-order valence-electron chi connectivity index (χ3n) is 6.61. The highest BCUT2D eigenvalue weighted by molar-refractivity contribution is 5.23. The number of hydrogen-bond acceptors (Lipinski definition) is 5. The summed E-state index contributed by atoms with van der Waals surface area (Å²) in [5.41, 5.74) is 4.89. The molecule has 5 heteroatoms. The van der Waals surface area contributed by atoms with Gasteiger partial charge in [0.1, 0.15) is 0 Å². The predicted molar refractivity (Wildman–Crippen MR) is 134 cm³/mol. The van der Waals surface area contributed by atoms with Crippen LogP contribution in [0.15, 0.2) is 73.1 Å². The number of hydrogen-bond donors (Lipinski definition) is 1. The van der Waals surface area contributed by atoms with Crippen molar-refractivity contribution in [1.29, 1.82) is 0 Å². The Balaban J connectivity index is 1.35. The number of nitrogens with zero attached hydrogens (tertiary/aromatic N) is 4. The van der Waals surface area contributed by atoms with E-state index in [-0.39, 0.29) is 0 Å². The van der Waals surface area contributed by atoms with Crippen molar-refractivity contribution in [2.75, 3.05) is 13.1 Å². The molecular formula is C28H37N5. The minimum atomic E-state index is 0.599. The number of likely N-dealkylation sites (tertiary alicyclic amines) is 1. The highest BCUT2D eigenvalue weighted by atomic mass is 15.2. The first-order valence-electron chi connectivity index (χ1n) is 12.2. The zero-order valence-electron chi connectivity index (χ0n) is 20.0. The molecule has 1 fully saturated rings. The van der Waals surface area contributed by atoms with Crippen molar-refractivity contribution in [2.24, 2.45) is 0 Å². The van der Waals surface area contributed by atoms with E-state index in [4.69, 9.17) is 0 Å². The van der Waals surface area contributed by atoms with Crippen LogP contribution in [0.5, 0.6) is 0 Å². The Labute approximate surface area is 198 Å². The lowest BCUT2D eigenvalue weighted by molar-refractivity contribution is 0.0815. The van der Waals surface area contributed by atoms with Crippen molar-refractivity contribution in [3.05, 3.63) is 95.6 Å². The summed E-state index contributed by atoms with van der Waals surface area (Å²) in [6.07, 6.45) is 6.19. The second kappa shape index (κ2) is 12.0. The minimum absolute atomic E-state index is 0.599. The summed E-state index contributed by atoms with van der Waals surface area (Å²) in [6, 6.07) is 22.6. The third-order valence-corrected chi connectivity index (χ3v) is 6.61. The Morgan fingerprint density at radius 3 is 2.06 bits per heavy atom. The molecule has 0 radical (unpaired) electrons. The largest absolute Gasteiger partial charge is 0.307 e. The maximum atomic E-state index is 4.61. The highest BCUT2D eigenvalue weighted by Gasteiger charge is 2.26. The summed E-state index contributed by atoms with van der Waals surface area (Å²) in [6.45, 7) is 10.5. The molecule has 1 aliphatic rings. The Hall–Kier alpha value is -2.60. The van der Waals surface area contributed by atoms with Crippen LogP contribution in [0.25, 0.3) is 0 Å². The molecule has 1 N–H and O–H groups in total. The SMILES string of the molecule is CC(C)N1CCC(N(Cc2ccc(CNCc3ccccn3)cc2)Cc2ccccn2)CC1. The Kier molecular flexibility index (Phi) is 8.59. The number of benzene rings is 1. The predicted octanol–water partition coefficient (Wildman–Crippen LogP) is 4.64. The average Bonchev–Trinajstić information content (AvgIpc) is 2.86. The van der Waals surface area contributed by atoms with E-state index in [0.29, 0.717) is 12.1 Å². The van der Waals surface area contributed by atoms with E-state index in [0.717, 1.165) is 37.6 Å². The molecule has 0 spiro atoms. The lowest BCUT2D eigenvalue weighted by atomic mass is 10.0. The second-order valence-corrected chi connectivity index (χ2v) is 9.33. The standard InChI is InChI=1S/C28H37N5/c1-23(2)32-17-13-28(14-18-32)33(22-27-8-4-6-16-31-27)21-25-11-9-24(10-12-25)19-29-20-26-7-3-5-15-30-26/h3-12,15-16,23,28-29H,13-14,17-22H2,1-2H3. The number of nitrogens with one attached hydrogen (secondary N) is 1. The smallest absolute Gasteiger partial charge is 0.0544 e. The van der Waals surface area contributed by atoms with Crippen LogP contribution in [0.3, 0.4) is 0 Å². The number of pyridine rings is 2. The molecule has 0 bridgehead atoms. The lowest BCUT2D eigenvalue weighted by Crippen LogP contribution is -2.46. The zero-order chi connectivity index (χ0) is 22.9. The van der Waals surface area contributed by atoms with Gasteiger partial charge in [0, 0.05) is 50.7 Å². The normalized spacial score (nSPS) is 15.4. The van der Waals surface area contributed by atoms with Crippen LogP contribution in [0, 0.1) is 0 Å². The van der Waals surface area contributed by atoms with Gasteiger partial charge >= 0.3 is 0 Å². The van der Waals surface area contributed by atoms with Gasteiger partial charge in [-0.25, -0.2) is 0 Å². The molecule has 174 valence electrons. The van der Waals surface area contributed by atoms with E-state index < -0.39 is 0 Å².